The zero-order valence-corrected chi connectivity index (χ0v) is 10.2. The molecule has 0 fully saturated rings. The summed E-state index contributed by atoms with van der Waals surface area (Å²) in [6.07, 6.45) is -11.3. The van der Waals surface area contributed by atoms with Crippen LogP contribution in [0.2, 0.25) is 0 Å². The van der Waals surface area contributed by atoms with Crippen molar-refractivity contribution in [3.05, 3.63) is 0 Å². The molecule has 0 aromatic carbocycles. The van der Waals surface area contributed by atoms with Crippen molar-refractivity contribution in [3.63, 3.8) is 0 Å². The Morgan fingerprint density at radius 2 is 1.63 bits per heavy atom. The fourth-order valence-corrected chi connectivity index (χ4v) is 1.16. The molecular weight excluding hydrogens is 310 g/mol. The molecule has 116 valence electrons. The molecule has 0 aromatic heterocycles. The fourth-order valence-electron chi connectivity index (χ4n) is 0.789. The van der Waals surface area contributed by atoms with Gasteiger partial charge in [-0.15, -0.1) is 4.33 Å². The summed E-state index contributed by atoms with van der Waals surface area (Å²) < 4.78 is 87.7. The lowest BCUT2D eigenvalue weighted by atomic mass is 10.3. The maximum Gasteiger partial charge on any atom is 0.443 e. The standard InChI is InChI=1S/C7H10F6O5S/c1-2-15-3-4-16-7(12,13)5(8,6(9,10)11)19-18-17-14/h14H,2-4H2,1H3. The Kier molecular flexibility index (Phi) is 7.39. The summed E-state index contributed by atoms with van der Waals surface area (Å²) in [5, 5.41) is 5.04. The molecule has 0 bridgehead atoms. The maximum atomic E-state index is 13.4. The van der Waals surface area contributed by atoms with E-state index in [-0.39, 0.29) is 6.61 Å². The van der Waals surface area contributed by atoms with Crippen molar-refractivity contribution in [1.82, 2.24) is 0 Å². The average Bonchev–Trinajstić information content (AvgIpc) is 2.30. The first-order chi connectivity index (χ1) is 8.62. The van der Waals surface area contributed by atoms with Crippen LogP contribution in [0.25, 0.3) is 0 Å². The van der Waals surface area contributed by atoms with Crippen molar-refractivity contribution in [3.8, 4) is 0 Å². The Balaban J connectivity index is 4.81. The second kappa shape index (κ2) is 7.50. The summed E-state index contributed by atoms with van der Waals surface area (Å²) >= 11 is -1.48. The van der Waals surface area contributed by atoms with Gasteiger partial charge in [-0.1, -0.05) is 5.04 Å². The molecule has 19 heavy (non-hydrogen) atoms. The molecule has 0 spiro atoms. The van der Waals surface area contributed by atoms with Crippen LogP contribution in [0.15, 0.2) is 0 Å². The van der Waals surface area contributed by atoms with Crippen LogP contribution in [-0.4, -0.2) is 42.4 Å². The molecule has 0 radical (unpaired) electrons. The van der Waals surface area contributed by atoms with Crippen LogP contribution >= 0.6 is 12.0 Å². The molecule has 0 aromatic rings. The van der Waals surface area contributed by atoms with Crippen LogP contribution < -0.4 is 0 Å². The Morgan fingerprint density at radius 3 is 2.05 bits per heavy atom. The van der Waals surface area contributed by atoms with Gasteiger partial charge in [-0.25, -0.2) is 9.65 Å². The third-order valence-corrected chi connectivity index (χ3v) is 2.46. The first-order valence-corrected chi connectivity index (χ1v) is 5.37. The fraction of sp³-hybridized carbons (Fsp3) is 1.00. The Labute approximate surface area is 107 Å². The van der Waals surface area contributed by atoms with Crippen LogP contribution in [0, 0.1) is 0 Å². The normalized spacial score (nSPS) is 16.4. The van der Waals surface area contributed by atoms with Crippen LogP contribution in [0.3, 0.4) is 0 Å². The molecule has 1 atom stereocenters. The smallest absolute Gasteiger partial charge is 0.379 e. The predicted octanol–water partition coefficient (Wildman–Crippen LogP) is 2.93. The zero-order valence-electron chi connectivity index (χ0n) is 9.38. The molecule has 0 aliphatic carbocycles. The van der Waals surface area contributed by atoms with Gasteiger partial charge in [0.05, 0.1) is 25.3 Å². The topological polar surface area (TPSA) is 57.2 Å². The predicted molar refractivity (Wildman–Crippen MR) is 49.7 cm³/mol. The van der Waals surface area contributed by atoms with Gasteiger partial charge in [-0.3, -0.25) is 0 Å². The molecule has 0 saturated heterocycles. The number of halogens is 6. The number of alkyl halides is 6. The molecule has 0 aliphatic rings. The summed E-state index contributed by atoms with van der Waals surface area (Å²) in [6, 6.07) is 0. The number of rotatable bonds is 9. The molecule has 0 amide bonds. The molecule has 12 heteroatoms. The summed E-state index contributed by atoms with van der Waals surface area (Å²) in [7, 11) is 0. The van der Waals surface area contributed by atoms with Crippen molar-refractivity contribution in [2.45, 2.75) is 24.2 Å². The van der Waals surface area contributed by atoms with E-state index >= 15 is 0 Å². The molecule has 0 aliphatic heterocycles. The van der Waals surface area contributed by atoms with E-state index in [0.29, 0.717) is 0 Å². The Hall–Kier alpha value is -0.270. The highest BCUT2D eigenvalue weighted by Gasteiger charge is 2.75. The SMILES string of the molecule is CCOCCOC(F)(F)C(F)(SOOO)C(F)(F)F. The number of hydrogen-bond donors (Lipinski definition) is 1. The first kappa shape index (κ1) is 18.7. The second-order valence-electron chi connectivity index (χ2n) is 2.88. The van der Waals surface area contributed by atoms with E-state index in [1.807, 2.05) is 0 Å². The second-order valence-corrected chi connectivity index (χ2v) is 3.75. The van der Waals surface area contributed by atoms with E-state index in [9.17, 15) is 26.3 Å². The van der Waals surface area contributed by atoms with Gasteiger partial charge >= 0.3 is 17.3 Å². The van der Waals surface area contributed by atoms with Crippen molar-refractivity contribution in [1.29, 1.82) is 0 Å². The van der Waals surface area contributed by atoms with Gasteiger partial charge < -0.3 is 9.47 Å². The minimum Gasteiger partial charge on any atom is -0.379 e. The summed E-state index contributed by atoms with van der Waals surface area (Å²) in [4.78, 5) is 0. The molecule has 0 heterocycles. The van der Waals surface area contributed by atoms with E-state index < -0.39 is 42.5 Å². The molecule has 1 N–H and O–H groups in total. The van der Waals surface area contributed by atoms with E-state index in [2.05, 4.69) is 18.8 Å². The van der Waals surface area contributed by atoms with E-state index in [4.69, 9.17) is 5.26 Å². The zero-order chi connectivity index (χ0) is 15.2. The van der Waals surface area contributed by atoms with Crippen LogP contribution in [-0.2, 0) is 18.8 Å². The van der Waals surface area contributed by atoms with Gasteiger partial charge in [0.25, 0.3) is 0 Å². The quantitative estimate of drug-likeness (QED) is 0.232. The lowest BCUT2D eigenvalue weighted by molar-refractivity contribution is -0.436. The van der Waals surface area contributed by atoms with E-state index in [1.165, 1.54) is 6.92 Å². The average molecular weight is 320 g/mol. The largest absolute Gasteiger partial charge is 0.443 e. The first-order valence-electron chi connectivity index (χ1n) is 4.63. The maximum absolute atomic E-state index is 13.4. The Morgan fingerprint density at radius 1 is 1.05 bits per heavy atom. The summed E-state index contributed by atoms with van der Waals surface area (Å²) in [5.74, 6) is 0. The van der Waals surface area contributed by atoms with Crippen molar-refractivity contribution in [2.24, 2.45) is 0 Å². The van der Waals surface area contributed by atoms with Crippen molar-refractivity contribution in [2.75, 3.05) is 19.8 Å². The third kappa shape index (κ3) is 4.96. The monoisotopic (exact) mass is 320 g/mol. The Bertz CT molecular complexity index is 265. The van der Waals surface area contributed by atoms with Gasteiger partial charge in [-0.2, -0.15) is 22.0 Å². The molecular formula is C7H10F6O5S. The highest BCUT2D eigenvalue weighted by Crippen LogP contribution is 2.53. The van der Waals surface area contributed by atoms with Gasteiger partial charge in [0.15, 0.2) is 0 Å². The lowest BCUT2D eigenvalue weighted by Crippen LogP contribution is -2.54. The third-order valence-electron chi connectivity index (χ3n) is 1.63. The molecule has 0 rings (SSSR count). The van der Waals surface area contributed by atoms with E-state index in [1.54, 1.807) is 0 Å². The molecule has 5 nitrogen and oxygen atoms in total. The highest BCUT2D eigenvalue weighted by atomic mass is 32.2. The molecule has 1 unspecified atom stereocenters. The van der Waals surface area contributed by atoms with Gasteiger partial charge in [0.2, 0.25) is 0 Å². The van der Waals surface area contributed by atoms with Crippen molar-refractivity contribution >= 4 is 12.0 Å². The van der Waals surface area contributed by atoms with Crippen LogP contribution in [0.4, 0.5) is 26.3 Å². The highest BCUT2D eigenvalue weighted by molar-refractivity contribution is 7.95. The summed E-state index contributed by atoms with van der Waals surface area (Å²) in [6.45, 7) is 0.186. The van der Waals surface area contributed by atoms with Crippen LogP contribution in [0.1, 0.15) is 6.92 Å². The number of ether oxygens (including phenoxy) is 2. The van der Waals surface area contributed by atoms with Gasteiger partial charge in [0.1, 0.15) is 0 Å². The van der Waals surface area contributed by atoms with Crippen LogP contribution in [0.5, 0.6) is 0 Å². The summed E-state index contributed by atoms with van der Waals surface area (Å²) in [5.41, 5.74) is 0. The minimum absolute atomic E-state index is 0.116. The number of hydrogen-bond acceptors (Lipinski definition) is 6. The molecule has 0 saturated carbocycles. The van der Waals surface area contributed by atoms with Gasteiger partial charge in [0, 0.05) is 6.61 Å². The van der Waals surface area contributed by atoms with Crippen molar-refractivity contribution < 1.29 is 50.4 Å². The minimum atomic E-state index is -6.05. The van der Waals surface area contributed by atoms with Gasteiger partial charge in [-0.05, 0) is 6.92 Å². The van der Waals surface area contributed by atoms with E-state index in [0.717, 1.165) is 0 Å². The lowest BCUT2D eigenvalue weighted by Gasteiger charge is -2.31.